The van der Waals surface area contributed by atoms with Crippen LogP contribution in [0.25, 0.3) is 66.8 Å². The average Bonchev–Trinajstić information content (AvgIpc) is 3.85. The molecule has 1 aliphatic carbocycles. The van der Waals surface area contributed by atoms with Gasteiger partial charge in [0.15, 0.2) is 0 Å². The van der Waals surface area contributed by atoms with Gasteiger partial charge in [0.2, 0.25) is 0 Å². The molecule has 0 atom stereocenters. The molecular weight excluding hydrogens is 1120 g/mol. The molecule has 4 nitrogen and oxygen atoms in total. The Bertz CT molecular complexity index is 3630. The zero-order valence-electron chi connectivity index (χ0n) is 44.6. The van der Waals surface area contributed by atoms with Crippen molar-refractivity contribution in [1.82, 2.24) is 15.0 Å². The van der Waals surface area contributed by atoms with E-state index in [1.54, 1.807) is 0 Å². The molecule has 1 aliphatic rings. The predicted molar refractivity (Wildman–Crippen MR) is 313 cm³/mol. The molecule has 12 rings (SSSR count). The summed E-state index contributed by atoms with van der Waals surface area (Å²) in [6.45, 7) is 9.21. The molecular formula is C72H64IrN3O. The van der Waals surface area contributed by atoms with Gasteiger partial charge in [0.1, 0.15) is 5.58 Å². The molecule has 0 saturated heterocycles. The number of furan rings is 1. The van der Waals surface area contributed by atoms with Crippen LogP contribution in [0.2, 0.25) is 0 Å². The summed E-state index contributed by atoms with van der Waals surface area (Å²) in [6, 6.07) is 74.2. The van der Waals surface area contributed by atoms with Crippen LogP contribution in [0, 0.1) is 37.5 Å². The van der Waals surface area contributed by atoms with E-state index >= 15 is 0 Å². The number of hydrogen-bond acceptors (Lipinski definition) is 4. The van der Waals surface area contributed by atoms with Crippen molar-refractivity contribution in [3.63, 3.8) is 0 Å². The number of aryl methyl sites for hydroxylation is 6. The number of hydrogen-bond donors (Lipinski definition) is 0. The Balaban J connectivity index is 0.000000174. The van der Waals surface area contributed by atoms with Crippen LogP contribution in [0.15, 0.2) is 205 Å². The minimum atomic E-state index is 0. The van der Waals surface area contributed by atoms with Crippen LogP contribution >= 0.6 is 0 Å². The van der Waals surface area contributed by atoms with Gasteiger partial charge < -0.3 is 19.4 Å². The van der Waals surface area contributed by atoms with Crippen LogP contribution in [-0.4, -0.2) is 15.0 Å². The monoisotopic (exact) mass is 1180 g/mol. The van der Waals surface area contributed by atoms with Gasteiger partial charge in [0.25, 0.3) is 0 Å². The summed E-state index contributed by atoms with van der Waals surface area (Å²) in [5, 5.41) is 2.23. The van der Waals surface area contributed by atoms with Crippen LogP contribution in [0.4, 0.5) is 0 Å². The second-order valence-electron chi connectivity index (χ2n) is 21.5. The fourth-order valence-corrected chi connectivity index (χ4v) is 11.2. The molecule has 0 aliphatic heterocycles. The molecule has 7 aromatic carbocycles. The molecule has 0 spiro atoms. The molecule has 0 N–H and O–H groups in total. The molecule has 4 heterocycles. The quantitative estimate of drug-likeness (QED) is 0.108. The summed E-state index contributed by atoms with van der Waals surface area (Å²) in [4.78, 5) is 13.9. The third-order valence-corrected chi connectivity index (χ3v) is 15.6. The largest absolute Gasteiger partial charge is 3.00 e. The van der Waals surface area contributed by atoms with E-state index in [9.17, 15) is 0 Å². The van der Waals surface area contributed by atoms with Crippen LogP contribution in [-0.2, 0) is 52.2 Å². The van der Waals surface area contributed by atoms with Crippen molar-refractivity contribution < 1.29 is 24.5 Å². The van der Waals surface area contributed by atoms with Crippen molar-refractivity contribution in [3.05, 3.63) is 269 Å². The molecule has 0 bridgehead atoms. The molecule has 5 heteroatoms. The van der Waals surface area contributed by atoms with Crippen molar-refractivity contribution in [3.8, 4) is 44.9 Å². The van der Waals surface area contributed by atoms with Gasteiger partial charge in [0, 0.05) is 24.0 Å². The maximum Gasteiger partial charge on any atom is 3.00 e. The zero-order valence-corrected chi connectivity index (χ0v) is 47.0. The van der Waals surface area contributed by atoms with Gasteiger partial charge in [-0.1, -0.05) is 140 Å². The van der Waals surface area contributed by atoms with Gasteiger partial charge >= 0.3 is 20.1 Å². The maximum atomic E-state index is 6.26. The SMILES string of the molecule is Cc1cc(C2CCC(C)(C)CC2)ccc1-c1cc(-c2[c-]ccc3c2oc2ccccc23)ncc1C.[Ir+3].[c-]1ccccc1-c1cc(CCc2ccccc2Cc2ccccc2CCc2cc[c-]c(-c3ccccn3)c2)ccn1. The van der Waals surface area contributed by atoms with Crippen LogP contribution < -0.4 is 0 Å². The van der Waals surface area contributed by atoms with E-state index in [-0.39, 0.29) is 20.1 Å². The molecule has 0 amide bonds. The molecule has 1 saturated carbocycles. The molecule has 77 heavy (non-hydrogen) atoms. The van der Waals surface area contributed by atoms with E-state index in [0.29, 0.717) is 11.3 Å². The Hall–Kier alpha value is -7.56. The first-order valence-corrected chi connectivity index (χ1v) is 27.1. The Morgan fingerprint density at radius 3 is 1.91 bits per heavy atom. The van der Waals surface area contributed by atoms with E-state index < -0.39 is 0 Å². The smallest absolute Gasteiger partial charge is 0.501 e. The van der Waals surface area contributed by atoms with Crippen LogP contribution in [0.1, 0.15) is 95.5 Å². The summed E-state index contributed by atoms with van der Waals surface area (Å²) in [5.41, 5.74) is 22.8. The minimum absolute atomic E-state index is 0. The molecule has 11 aromatic rings. The predicted octanol–water partition coefficient (Wildman–Crippen LogP) is 18.0. The summed E-state index contributed by atoms with van der Waals surface area (Å²) in [6.07, 6.45) is 15.8. The standard InChI is InChI=1S/C39H32N2.C33H32NO.Ir/c1-2-14-34(15-3-1)39-28-31(24-26-41-39)21-23-33-13-5-7-17-36(33)29-35-16-6-4-12-32(35)22-20-30-11-10-18-37(27-30)38-19-8-9-25-40-38;1-21-18-24(23-14-16-33(3,4)17-15-23)12-13-25(21)29-19-30(34-20-22(29)2)28-10-7-9-27-26-8-5-6-11-31(26)35-32(27)28;/h1-14,16-17,19,24-28H,20-23,29H2;5-9,11-13,18-20,23H,14-17H2,1-4H3;/q-2;-1;+3. The first kappa shape index (κ1) is 52.9. The first-order chi connectivity index (χ1) is 37.2. The second-order valence-corrected chi connectivity index (χ2v) is 21.5. The van der Waals surface area contributed by atoms with Gasteiger partial charge in [-0.3, -0.25) is 0 Å². The van der Waals surface area contributed by atoms with Gasteiger partial charge in [0.05, 0.1) is 5.58 Å². The first-order valence-electron chi connectivity index (χ1n) is 27.1. The molecule has 382 valence electrons. The third kappa shape index (κ3) is 12.5. The minimum Gasteiger partial charge on any atom is -0.501 e. The normalized spacial score (nSPS) is 13.2. The second kappa shape index (κ2) is 24.2. The van der Waals surface area contributed by atoms with Gasteiger partial charge in [-0.25, -0.2) is 0 Å². The van der Waals surface area contributed by atoms with Crippen LogP contribution in [0.3, 0.4) is 0 Å². The number of nitrogens with zero attached hydrogens (tertiary/aromatic N) is 3. The summed E-state index contributed by atoms with van der Waals surface area (Å²) >= 11 is 0. The summed E-state index contributed by atoms with van der Waals surface area (Å²) in [5.74, 6) is 0.685. The van der Waals surface area contributed by atoms with Gasteiger partial charge in [-0.15, -0.1) is 89.5 Å². The topological polar surface area (TPSA) is 51.8 Å². The molecule has 0 unspecified atom stereocenters. The van der Waals surface area contributed by atoms with E-state index in [1.165, 1.54) is 86.9 Å². The van der Waals surface area contributed by atoms with Crippen molar-refractivity contribution >= 4 is 21.9 Å². The number of aromatic nitrogens is 3. The van der Waals surface area contributed by atoms with E-state index in [4.69, 9.17) is 9.40 Å². The van der Waals surface area contributed by atoms with E-state index in [1.807, 2.05) is 79.3 Å². The third-order valence-electron chi connectivity index (χ3n) is 15.6. The van der Waals surface area contributed by atoms with Crippen molar-refractivity contribution in [2.45, 2.75) is 91.4 Å². The van der Waals surface area contributed by atoms with Gasteiger partial charge in [-0.05, 0) is 168 Å². The molecule has 4 aromatic heterocycles. The number of para-hydroxylation sites is 1. The summed E-state index contributed by atoms with van der Waals surface area (Å²) < 4.78 is 6.26. The van der Waals surface area contributed by atoms with Crippen molar-refractivity contribution in [1.29, 1.82) is 0 Å². The molecule has 1 fully saturated rings. The van der Waals surface area contributed by atoms with Crippen molar-refractivity contribution in [2.75, 3.05) is 0 Å². The number of rotatable bonds is 13. The Labute approximate surface area is 469 Å². The van der Waals surface area contributed by atoms with Crippen LogP contribution in [0.5, 0.6) is 0 Å². The van der Waals surface area contributed by atoms with Gasteiger partial charge in [-0.2, -0.15) is 0 Å². The Morgan fingerprint density at radius 1 is 0.506 bits per heavy atom. The fourth-order valence-electron chi connectivity index (χ4n) is 11.2. The average molecular weight is 1180 g/mol. The number of fused-ring (bicyclic) bond motifs is 3. The Morgan fingerprint density at radius 2 is 1.18 bits per heavy atom. The fraction of sp³-hybridized carbons (Fsp3) is 0.208. The maximum absolute atomic E-state index is 6.26. The molecule has 0 radical (unpaired) electrons. The zero-order chi connectivity index (χ0) is 51.8. The van der Waals surface area contributed by atoms with Crippen molar-refractivity contribution in [2.24, 2.45) is 5.41 Å². The Kier molecular flexibility index (Phi) is 16.6. The number of pyridine rings is 3. The van der Waals surface area contributed by atoms with E-state index in [2.05, 4.69) is 177 Å². The van der Waals surface area contributed by atoms with E-state index in [0.717, 1.165) is 87.8 Å². The summed E-state index contributed by atoms with van der Waals surface area (Å²) in [7, 11) is 0. The number of benzene rings is 7.